The van der Waals surface area contributed by atoms with Crippen LogP contribution in [-0.4, -0.2) is 47.8 Å². The van der Waals surface area contributed by atoms with Crippen molar-refractivity contribution >= 4 is 0 Å². The fraction of sp³-hybridized carbons (Fsp3) is 1.00. The summed E-state index contributed by atoms with van der Waals surface area (Å²) in [7, 11) is 0. The first-order valence-electron chi connectivity index (χ1n) is 6.25. The van der Waals surface area contributed by atoms with E-state index in [9.17, 15) is 5.11 Å². The van der Waals surface area contributed by atoms with Crippen molar-refractivity contribution in [2.45, 2.75) is 51.7 Å². The van der Waals surface area contributed by atoms with Crippen LogP contribution >= 0.6 is 0 Å². The molecule has 1 aliphatic rings. The van der Waals surface area contributed by atoms with Gasteiger partial charge in [0.05, 0.1) is 5.60 Å². The summed E-state index contributed by atoms with van der Waals surface area (Å²) in [6.07, 6.45) is 3.27. The van der Waals surface area contributed by atoms with Gasteiger partial charge in [-0.2, -0.15) is 0 Å². The number of likely N-dealkylation sites (tertiary alicyclic amines) is 1. The fourth-order valence-corrected chi connectivity index (χ4v) is 2.18. The summed E-state index contributed by atoms with van der Waals surface area (Å²) >= 11 is 0. The molecule has 0 aliphatic carbocycles. The third-order valence-corrected chi connectivity index (χ3v) is 3.41. The van der Waals surface area contributed by atoms with Crippen LogP contribution in [0.15, 0.2) is 0 Å². The van der Waals surface area contributed by atoms with E-state index < -0.39 is 5.60 Å². The number of aliphatic hydroxyl groups is 1. The van der Waals surface area contributed by atoms with E-state index in [1.807, 2.05) is 13.8 Å². The molecule has 1 saturated heterocycles. The highest BCUT2D eigenvalue weighted by molar-refractivity contribution is 4.82. The summed E-state index contributed by atoms with van der Waals surface area (Å²) < 4.78 is 0. The lowest BCUT2D eigenvalue weighted by atomic mass is 9.99. The Morgan fingerprint density at radius 2 is 1.93 bits per heavy atom. The number of piperidine rings is 1. The van der Waals surface area contributed by atoms with Gasteiger partial charge in [0.1, 0.15) is 0 Å². The number of nitrogens with one attached hydrogen (secondary N) is 1. The van der Waals surface area contributed by atoms with Gasteiger partial charge in [0, 0.05) is 12.6 Å². The minimum Gasteiger partial charge on any atom is -0.389 e. The second kappa shape index (κ2) is 5.83. The van der Waals surface area contributed by atoms with E-state index in [0.29, 0.717) is 6.04 Å². The third kappa shape index (κ3) is 4.49. The normalized spacial score (nSPS) is 24.0. The van der Waals surface area contributed by atoms with Gasteiger partial charge in [0.25, 0.3) is 0 Å². The molecule has 0 aromatic rings. The van der Waals surface area contributed by atoms with Crippen LogP contribution < -0.4 is 5.32 Å². The standard InChI is InChI=1S/C12H26N2O/c1-4-12(3,15)10-14-8-6-11(7-9-14)13-5-2/h11,13,15H,4-10H2,1-3H3. The highest BCUT2D eigenvalue weighted by atomic mass is 16.3. The maximum absolute atomic E-state index is 9.99. The zero-order valence-corrected chi connectivity index (χ0v) is 10.4. The van der Waals surface area contributed by atoms with Gasteiger partial charge in [-0.3, -0.25) is 0 Å². The van der Waals surface area contributed by atoms with Gasteiger partial charge in [0.15, 0.2) is 0 Å². The molecule has 1 unspecified atom stereocenters. The summed E-state index contributed by atoms with van der Waals surface area (Å²) in [5, 5.41) is 13.5. The Bertz CT molecular complexity index is 174. The van der Waals surface area contributed by atoms with Crippen LogP contribution in [-0.2, 0) is 0 Å². The van der Waals surface area contributed by atoms with Crippen molar-refractivity contribution in [3.05, 3.63) is 0 Å². The largest absolute Gasteiger partial charge is 0.389 e. The zero-order valence-electron chi connectivity index (χ0n) is 10.4. The van der Waals surface area contributed by atoms with Gasteiger partial charge in [0.2, 0.25) is 0 Å². The second-order valence-electron chi connectivity index (χ2n) is 4.96. The maximum atomic E-state index is 9.99. The van der Waals surface area contributed by atoms with E-state index in [4.69, 9.17) is 0 Å². The first kappa shape index (κ1) is 12.9. The van der Waals surface area contributed by atoms with Crippen LogP contribution in [0.5, 0.6) is 0 Å². The highest BCUT2D eigenvalue weighted by Gasteiger charge is 2.25. The maximum Gasteiger partial charge on any atom is 0.0743 e. The molecule has 3 heteroatoms. The lowest BCUT2D eigenvalue weighted by molar-refractivity contribution is 0.00872. The summed E-state index contributed by atoms with van der Waals surface area (Å²) in [6, 6.07) is 0.692. The van der Waals surface area contributed by atoms with Gasteiger partial charge >= 0.3 is 0 Å². The van der Waals surface area contributed by atoms with E-state index in [-0.39, 0.29) is 0 Å². The summed E-state index contributed by atoms with van der Waals surface area (Å²) in [5.41, 5.74) is -0.509. The molecule has 1 atom stereocenters. The van der Waals surface area contributed by atoms with Crippen LogP contribution in [0.25, 0.3) is 0 Å². The summed E-state index contributed by atoms with van der Waals surface area (Å²) in [6.45, 7) is 10.3. The zero-order chi connectivity index (χ0) is 11.3. The molecule has 1 rings (SSSR count). The number of β-amino-alcohol motifs (C(OH)–C–C–N with tert-alkyl or cyclic N) is 1. The Hall–Kier alpha value is -0.120. The smallest absolute Gasteiger partial charge is 0.0743 e. The van der Waals surface area contributed by atoms with Crippen LogP contribution in [0.1, 0.15) is 40.0 Å². The van der Waals surface area contributed by atoms with E-state index in [2.05, 4.69) is 17.1 Å². The SMILES string of the molecule is CCNC1CCN(CC(C)(O)CC)CC1. The Labute approximate surface area is 93.9 Å². The van der Waals surface area contributed by atoms with Crippen molar-refractivity contribution in [1.29, 1.82) is 0 Å². The van der Waals surface area contributed by atoms with Crippen LogP contribution in [0.4, 0.5) is 0 Å². The third-order valence-electron chi connectivity index (χ3n) is 3.41. The van der Waals surface area contributed by atoms with E-state index >= 15 is 0 Å². The predicted octanol–water partition coefficient (Wildman–Crippen LogP) is 1.22. The average Bonchev–Trinajstić information content (AvgIpc) is 2.21. The molecule has 0 radical (unpaired) electrons. The van der Waals surface area contributed by atoms with Gasteiger partial charge in [-0.1, -0.05) is 13.8 Å². The Balaban J connectivity index is 2.25. The van der Waals surface area contributed by atoms with Crippen molar-refractivity contribution < 1.29 is 5.11 Å². The first-order valence-corrected chi connectivity index (χ1v) is 6.25. The lowest BCUT2D eigenvalue weighted by Crippen LogP contribution is -2.47. The molecule has 15 heavy (non-hydrogen) atoms. The van der Waals surface area contributed by atoms with Gasteiger partial charge in [-0.15, -0.1) is 0 Å². The average molecular weight is 214 g/mol. The van der Waals surface area contributed by atoms with Crippen LogP contribution in [0.3, 0.4) is 0 Å². The molecule has 0 aromatic carbocycles. The Morgan fingerprint density at radius 1 is 1.33 bits per heavy atom. The molecule has 0 aromatic heterocycles. The van der Waals surface area contributed by atoms with Crippen molar-refractivity contribution in [3.63, 3.8) is 0 Å². The topological polar surface area (TPSA) is 35.5 Å². The molecule has 0 saturated carbocycles. The lowest BCUT2D eigenvalue weighted by Gasteiger charge is -2.36. The van der Waals surface area contributed by atoms with Gasteiger partial charge < -0.3 is 15.3 Å². The van der Waals surface area contributed by atoms with Crippen molar-refractivity contribution in [2.75, 3.05) is 26.2 Å². The number of hydrogen-bond donors (Lipinski definition) is 2. The van der Waals surface area contributed by atoms with Crippen molar-refractivity contribution in [1.82, 2.24) is 10.2 Å². The fourth-order valence-electron chi connectivity index (χ4n) is 2.18. The molecule has 0 spiro atoms. The summed E-state index contributed by atoms with van der Waals surface area (Å²) in [5.74, 6) is 0. The molecule has 0 amide bonds. The molecule has 1 heterocycles. The molecule has 3 nitrogen and oxygen atoms in total. The minimum atomic E-state index is -0.509. The van der Waals surface area contributed by atoms with E-state index in [0.717, 1.165) is 32.6 Å². The minimum absolute atomic E-state index is 0.509. The Kier molecular flexibility index (Phi) is 5.03. The highest BCUT2D eigenvalue weighted by Crippen LogP contribution is 2.16. The number of hydrogen-bond acceptors (Lipinski definition) is 3. The number of nitrogens with zero attached hydrogens (tertiary/aromatic N) is 1. The molecular weight excluding hydrogens is 188 g/mol. The second-order valence-corrected chi connectivity index (χ2v) is 4.96. The molecule has 1 aliphatic heterocycles. The summed E-state index contributed by atoms with van der Waals surface area (Å²) in [4.78, 5) is 2.39. The first-order chi connectivity index (χ1) is 7.07. The van der Waals surface area contributed by atoms with E-state index in [1.54, 1.807) is 0 Å². The monoisotopic (exact) mass is 214 g/mol. The predicted molar refractivity (Wildman–Crippen MR) is 64.1 cm³/mol. The van der Waals surface area contributed by atoms with E-state index in [1.165, 1.54) is 12.8 Å². The molecule has 90 valence electrons. The van der Waals surface area contributed by atoms with Gasteiger partial charge in [-0.05, 0) is 45.8 Å². The number of rotatable bonds is 5. The Morgan fingerprint density at radius 3 is 2.40 bits per heavy atom. The van der Waals surface area contributed by atoms with Crippen molar-refractivity contribution in [3.8, 4) is 0 Å². The molecular formula is C12H26N2O. The van der Waals surface area contributed by atoms with Gasteiger partial charge in [-0.25, -0.2) is 0 Å². The molecule has 2 N–H and O–H groups in total. The molecule has 0 bridgehead atoms. The quantitative estimate of drug-likeness (QED) is 0.722. The van der Waals surface area contributed by atoms with Crippen LogP contribution in [0.2, 0.25) is 0 Å². The van der Waals surface area contributed by atoms with Crippen LogP contribution in [0, 0.1) is 0 Å². The molecule has 1 fully saturated rings. The van der Waals surface area contributed by atoms with Crippen molar-refractivity contribution in [2.24, 2.45) is 0 Å².